The van der Waals surface area contributed by atoms with Crippen LogP contribution < -0.4 is 11.1 Å². The van der Waals surface area contributed by atoms with Crippen LogP contribution in [0, 0.1) is 11.3 Å². The fourth-order valence-electron chi connectivity index (χ4n) is 1.10. The molecule has 1 aromatic heterocycles. The number of methoxy groups -OCH3 is 1. The fraction of sp³-hybridized carbons (Fsp3) is 0.556. The Bertz CT molecular complexity index is 357. The highest BCUT2D eigenvalue weighted by atomic mass is 32.1. The van der Waals surface area contributed by atoms with Gasteiger partial charge < -0.3 is 15.8 Å². The minimum Gasteiger partial charge on any atom is -0.385 e. The van der Waals surface area contributed by atoms with Gasteiger partial charge in [0.15, 0.2) is 5.82 Å². The number of nitrogens with two attached hydrogens (primary N) is 1. The van der Waals surface area contributed by atoms with Crippen molar-refractivity contribution in [2.45, 2.75) is 19.4 Å². The summed E-state index contributed by atoms with van der Waals surface area (Å²) in [6, 6.07) is 2.27. The minimum atomic E-state index is 0.233. The summed E-state index contributed by atoms with van der Waals surface area (Å²) >= 11 is 1.21. The van der Waals surface area contributed by atoms with Crippen molar-refractivity contribution in [3.8, 4) is 6.07 Å². The van der Waals surface area contributed by atoms with Gasteiger partial charge in [-0.2, -0.15) is 9.64 Å². The first-order valence-electron chi connectivity index (χ1n) is 4.59. The van der Waals surface area contributed by atoms with Crippen LogP contribution in [0.2, 0.25) is 0 Å². The number of hydrogen-bond donors (Lipinski definition) is 2. The second kappa shape index (κ2) is 5.53. The molecule has 0 aliphatic rings. The zero-order chi connectivity index (χ0) is 11.3. The lowest BCUT2D eigenvalue weighted by Crippen LogP contribution is -2.17. The van der Waals surface area contributed by atoms with Crippen LogP contribution in [0.4, 0.5) is 10.8 Å². The molecule has 1 rings (SSSR count). The molecule has 0 aliphatic carbocycles. The number of nitrogens with zero attached hydrogens (tertiary/aromatic N) is 2. The third-order valence-electron chi connectivity index (χ3n) is 1.96. The summed E-state index contributed by atoms with van der Waals surface area (Å²) in [5.74, 6) is 0.295. The van der Waals surface area contributed by atoms with Gasteiger partial charge in [-0.3, -0.25) is 0 Å². The molecule has 0 aromatic carbocycles. The summed E-state index contributed by atoms with van der Waals surface area (Å²) in [5, 5.41) is 12.8. The summed E-state index contributed by atoms with van der Waals surface area (Å²) in [4.78, 5) is 0. The highest BCUT2D eigenvalue weighted by Crippen LogP contribution is 2.26. The van der Waals surface area contributed by atoms with Crippen LogP contribution in [0.3, 0.4) is 0 Å². The Kier molecular flexibility index (Phi) is 4.34. The summed E-state index contributed by atoms with van der Waals surface area (Å²) < 4.78 is 8.89. The van der Waals surface area contributed by atoms with Crippen LogP contribution in [0.25, 0.3) is 0 Å². The first-order valence-corrected chi connectivity index (χ1v) is 5.37. The molecule has 0 fully saturated rings. The van der Waals surface area contributed by atoms with Crippen molar-refractivity contribution in [2.24, 2.45) is 0 Å². The van der Waals surface area contributed by atoms with Crippen molar-refractivity contribution in [1.29, 1.82) is 5.26 Å². The van der Waals surface area contributed by atoms with E-state index in [0.717, 1.165) is 11.4 Å². The second-order valence-electron chi connectivity index (χ2n) is 3.21. The maximum absolute atomic E-state index is 8.85. The second-order valence-corrected chi connectivity index (χ2v) is 3.98. The smallest absolute Gasteiger partial charge is 0.157 e. The number of anilines is 2. The molecule has 1 aromatic rings. The van der Waals surface area contributed by atoms with Gasteiger partial charge in [0, 0.05) is 19.8 Å². The number of nitrogens with one attached hydrogen (secondary N) is 1. The van der Waals surface area contributed by atoms with Gasteiger partial charge in [-0.25, -0.2) is 0 Å². The molecule has 82 valence electrons. The normalized spacial score (nSPS) is 12.1. The Labute approximate surface area is 93.0 Å². The van der Waals surface area contributed by atoms with Gasteiger partial charge in [0.05, 0.1) is 0 Å². The van der Waals surface area contributed by atoms with Gasteiger partial charge in [-0.15, -0.1) is 0 Å². The topological polar surface area (TPSA) is 84.0 Å². The zero-order valence-corrected chi connectivity index (χ0v) is 9.60. The van der Waals surface area contributed by atoms with Crippen molar-refractivity contribution in [2.75, 3.05) is 24.8 Å². The molecule has 0 radical (unpaired) electrons. The van der Waals surface area contributed by atoms with E-state index in [2.05, 4.69) is 9.69 Å². The van der Waals surface area contributed by atoms with Gasteiger partial charge in [0.1, 0.15) is 16.6 Å². The number of ether oxygens (including phenoxy) is 1. The molecule has 3 N–H and O–H groups in total. The summed E-state index contributed by atoms with van der Waals surface area (Å²) in [6.07, 6.45) is 0.874. The third kappa shape index (κ3) is 3.08. The number of rotatable bonds is 5. The van der Waals surface area contributed by atoms with E-state index in [1.807, 2.05) is 13.0 Å². The molecule has 0 saturated carbocycles. The first kappa shape index (κ1) is 11.8. The van der Waals surface area contributed by atoms with Crippen molar-refractivity contribution in [3.05, 3.63) is 5.56 Å². The van der Waals surface area contributed by atoms with E-state index < -0.39 is 0 Å². The quantitative estimate of drug-likeness (QED) is 0.793. The lowest BCUT2D eigenvalue weighted by atomic mass is 10.2. The van der Waals surface area contributed by atoms with Gasteiger partial charge in [-0.1, -0.05) is 0 Å². The summed E-state index contributed by atoms with van der Waals surface area (Å²) in [6.45, 7) is 2.71. The Morgan fingerprint density at radius 2 is 2.47 bits per heavy atom. The molecule has 1 atom stereocenters. The molecule has 1 unspecified atom stereocenters. The first-order chi connectivity index (χ1) is 7.19. The van der Waals surface area contributed by atoms with Gasteiger partial charge in [-0.05, 0) is 24.9 Å². The number of nitrogen functional groups attached to an aromatic ring is 1. The van der Waals surface area contributed by atoms with E-state index in [4.69, 9.17) is 15.7 Å². The van der Waals surface area contributed by atoms with Crippen LogP contribution in [-0.4, -0.2) is 24.1 Å². The largest absolute Gasteiger partial charge is 0.385 e. The van der Waals surface area contributed by atoms with Crippen molar-refractivity contribution in [1.82, 2.24) is 4.37 Å². The Hall–Kier alpha value is -1.32. The lowest BCUT2D eigenvalue weighted by Gasteiger charge is -2.12. The van der Waals surface area contributed by atoms with E-state index in [-0.39, 0.29) is 6.04 Å². The monoisotopic (exact) mass is 226 g/mol. The average molecular weight is 226 g/mol. The molecule has 0 amide bonds. The van der Waals surface area contributed by atoms with Crippen LogP contribution in [0.5, 0.6) is 0 Å². The molecule has 1 heterocycles. The molecule has 0 spiro atoms. The molecule has 5 nitrogen and oxygen atoms in total. The summed E-state index contributed by atoms with van der Waals surface area (Å²) in [7, 11) is 1.66. The van der Waals surface area contributed by atoms with E-state index in [1.54, 1.807) is 7.11 Å². The third-order valence-corrected chi connectivity index (χ3v) is 2.76. The molecular weight excluding hydrogens is 212 g/mol. The highest BCUT2D eigenvalue weighted by Gasteiger charge is 2.12. The van der Waals surface area contributed by atoms with Gasteiger partial charge in [0.25, 0.3) is 0 Å². The van der Waals surface area contributed by atoms with Crippen LogP contribution in [0.1, 0.15) is 18.9 Å². The van der Waals surface area contributed by atoms with Gasteiger partial charge in [0.2, 0.25) is 0 Å². The van der Waals surface area contributed by atoms with Crippen LogP contribution in [-0.2, 0) is 4.74 Å². The molecular formula is C9H14N4OS. The average Bonchev–Trinajstić information content (AvgIpc) is 2.56. The Morgan fingerprint density at radius 3 is 3.07 bits per heavy atom. The minimum absolute atomic E-state index is 0.233. The van der Waals surface area contributed by atoms with E-state index in [0.29, 0.717) is 18.0 Å². The predicted molar refractivity (Wildman–Crippen MR) is 60.8 cm³/mol. The summed E-state index contributed by atoms with van der Waals surface area (Å²) in [5.41, 5.74) is 5.97. The van der Waals surface area contributed by atoms with Gasteiger partial charge >= 0.3 is 0 Å². The van der Waals surface area contributed by atoms with E-state index in [1.165, 1.54) is 11.5 Å². The van der Waals surface area contributed by atoms with E-state index in [9.17, 15) is 0 Å². The fourth-order valence-corrected chi connectivity index (χ4v) is 1.88. The van der Waals surface area contributed by atoms with E-state index >= 15 is 0 Å². The highest BCUT2D eigenvalue weighted by molar-refractivity contribution is 7.10. The maximum Gasteiger partial charge on any atom is 0.157 e. The van der Waals surface area contributed by atoms with Crippen molar-refractivity contribution in [3.63, 3.8) is 0 Å². The standard InChI is InChI=1S/C9H14N4OS/c1-6(3-4-14-2)12-9-7(5-10)8(11)13-15-9/h6,12H,3-4H2,1-2H3,(H2,11,13). The number of aromatic nitrogens is 1. The predicted octanol–water partition coefficient (Wildman–Crippen LogP) is 1.43. The molecule has 15 heavy (non-hydrogen) atoms. The molecule has 0 saturated heterocycles. The number of hydrogen-bond acceptors (Lipinski definition) is 6. The Morgan fingerprint density at radius 1 is 1.73 bits per heavy atom. The Balaban J connectivity index is 2.61. The lowest BCUT2D eigenvalue weighted by molar-refractivity contribution is 0.191. The van der Waals surface area contributed by atoms with Crippen LogP contribution >= 0.6 is 11.5 Å². The maximum atomic E-state index is 8.85. The van der Waals surface area contributed by atoms with Crippen molar-refractivity contribution >= 4 is 22.4 Å². The van der Waals surface area contributed by atoms with Crippen molar-refractivity contribution < 1.29 is 4.74 Å². The molecule has 0 aliphatic heterocycles. The van der Waals surface area contributed by atoms with Crippen LogP contribution in [0.15, 0.2) is 0 Å². The number of nitriles is 1. The zero-order valence-electron chi connectivity index (χ0n) is 8.78. The molecule has 6 heteroatoms. The molecule has 0 bridgehead atoms. The SMILES string of the molecule is COCCC(C)Nc1snc(N)c1C#N.